The zero-order valence-electron chi connectivity index (χ0n) is 12.2. The van der Waals surface area contributed by atoms with Crippen LogP contribution in [-0.2, 0) is 6.42 Å². The van der Waals surface area contributed by atoms with Crippen LogP contribution >= 0.6 is 0 Å². The second kappa shape index (κ2) is 8.93. The Morgan fingerprint density at radius 3 is 2.19 bits per heavy atom. The van der Waals surface area contributed by atoms with E-state index < -0.39 is 0 Å². The zero-order valence-corrected chi connectivity index (χ0v) is 12.2. The molecule has 2 aromatic rings. The summed E-state index contributed by atoms with van der Waals surface area (Å²) in [5.41, 5.74) is 2.07. The van der Waals surface area contributed by atoms with Gasteiger partial charge in [-0.3, -0.25) is 4.79 Å². The third kappa shape index (κ3) is 5.79. The summed E-state index contributed by atoms with van der Waals surface area (Å²) in [5.74, 6) is -0.000106. The zero-order chi connectivity index (χ0) is 14.8. The summed E-state index contributed by atoms with van der Waals surface area (Å²) in [6.45, 7) is 2.59. The lowest BCUT2D eigenvalue weighted by molar-refractivity contribution is 0.0953. The lowest BCUT2D eigenvalue weighted by Gasteiger charge is -2.07. The molecule has 2 N–H and O–H groups in total. The minimum absolute atomic E-state index is 0.000106. The molecule has 0 heterocycles. The molecule has 0 spiro atoms. The number of amides is 1. The Morgan fingerprint density at radius 2 is 1.48 bits per heavy atom. The molecule has 0 fully saturated rings. The molecule has 0 atom stereocenters. The minimum atomic E-state index is -0.000106. The Labute approximate surface area is 126 Å². The van der Waals surface area contributed by atoms with Gasteiger partial charge in [0.2, 0.25) is 0 Å². The molecule has 3 heteroatoms. The fourth-order valence-corrected chi connectivity index (χ4v) is 2.11. The van der Waals surface area contributed by atoms with Crippen LogP contribution in [0.25, 0.3) is 0 Å². The second-order valence-corrected chi connectivity index (χ2v) is 4.96. The molecule has 0 aromatic heterocycles. The van der Waals surface area contributed by atoms with Gasteiger partial charge in [-0.2, -0.15) is 0 Å². The number of benzene rings is 2. The van der Waals surface area contributed by atoms with Crippen LogP contribution in [-0.4, -0.2) is 25.5 Å². The van der Waals surface area contributed by atoms with E-state index in [1.807, 2.05) is 36.4 Å². The van der Waals surface area contributed by atoms with Crippen LogP contribution in [0.4, 0.5) is 0 Å². The van der Waals surface area contributed by atoms with Gasteiger partial charge in [-0.1, -0.05) is 48.5 Å². The smallest absolute Gasteiger partial charge is 0.251 e. The van der Waals surface area contributed by atoms with E-state index in [1.165, 1.54) is 5.56 Å². The molecule has 3 nitrogen and oxygen atoms in total. The molecular weight excluding hydrogens is 260 g/mol. The average molecular weight is 282 g/mol. The molecule has 0 aliphatic heterocycles. The van der Waals surface area contributed by atoms with Crippen molar-refractivity contribution in [2.75, 3.05) is 19.6 Å². The summed E-state index contributed by atoms with van der Waals surface area (Å²) < 4.78 is 0. The van der Waals surface area contributed by atoms with Crippen molar-refractivity contribution in [2.24, 2.45) is 0 Å². The van der Waals surface area contributed by atoms with Gasteiger partial charge in [0.15, 0.2) is 0 Å². The summed E-state index contributed by atoms with van der Waals surface area (Å²) in [5, 5.41) is 6.32. The summed E-state index contributed by atoms with van der Waals surface area (Å²) in [6, 6.07) is 19.8. The molecule has 1 amide bonds. The van der Waals surface area contributed by atoms with Crippen LogP contribution in [0.5, 0.6) is 0 Å². The Morgan fingerprint density at radius 1 is 0.810 bits per heavy atom. The Bertz CT molecular complexity index is 525. The molecule has 0 aliphatic rings. The molecule has 110 valence electrons. The molecule has 2 rings (SSSR count). The normalized spacial score (nSPS) is 10.3. The first-order valence-electron chi connectivity index (χ1n) is 7.44. The van der Waals surface area contributed by atoms with Gasteiger partial charge in [0.25, 0.3) is 5.91 Å². The van der Waals surface area contributed by atoms with Gasteiger partial charge in [0.1, 0.15) is 0 Å². The van der Waals surface area contributed by atoms with Gasteiger partial charge in [-0.15, -0.1) is 0 Å². The van der Waals surface area contributed by atoms with Crippen LogP contribution in [0.2, 0.25) is 0 Å². The quantitative estimate of drug-likeness (QED) is 0.731. The molecule has 0 aliphatic carbocycles. The third-order valence-electron chi connectivity index (χ3n) is 3.29. The van der Waals surface area contributed by atoms with Gasteiger partial charge in [-0.25, -0.2) is 0 Å². The molecule has 21 heavy (non-hydrogen) atoms. The van der Waals surface area contributed by atoms with E-state index in [0.29, 0.717) is 6.54 Å². The van der Waals surface area contributed by atoms with Crippen LogP contribution < -0.4 is 10.6 Å². The molecule has 0 unspecified atom stereocenters. The number of hydrogen-bond donors (Lipinski definition) is 2. The van der Waals surface area contributed by atoms with E-state index in [0.717, 1.165) is 31.5 Å². The van der Waals surface area contributed by atoms with E-state index in [9.17, 15) is 4.79 Å². The minimum Gasteiger partial charge on any atom is -0.352 e. The highest BCUT2D eigenvalue weighted by molar-refractivity contribution is 5.94. The number of rotatable bonds is 8. The SMILES string of the molecule is O=C(NCCCNCCc1ccccc1)c1ccccc1. The van der Waals surface area contributed by atoms with E-state index in [4.69, 9.17) is 0 Å². The van der Waals surface area contributed by atoms with Crippen LogP contribution in [0, 0.1) is 0 Å². The lowest BCUT2D eigenvalue weighted by atomic mass is 10.1. The summed E-state index contributed by atoms with van der Waals surface area (Å²) in [4.78, 5) is 11.8. The summed E-state index contributed by atoms with van der Waals surface area (Å²) in [7, 11) is 0. The molecule has 0 saturated carbocycles. The number of carbonyl (C=O) groups is 1. The van der Waals surface area contributed by atoms with Crippen molar-refractivity contribution in [3.8, 4) is 0 Å². The molecule has 0 saturated heterocycles. The summed E-state index contributed by atoms with van der Waals surface area (Å²) in [6.07, 6.45) is 1.98. The second-order valence-electron chi connectivity index (χ2n) is 4.96. The highest BCUT2D eigenvalue weighted by Gasteiger charge is 2.02. The van der Waals surface area contributed by atoms with Crippen LogP contribution in [0.1, 0.15) is 22.3 Å². The van der Waals surface area contributed by atoms with E-state index in [-0.39, 0.29) is 5.91 Å². The molecule has 0 bridgehead atoms. The van der Waals surface area contributed by atoms with E-state index >= 15 is 0 Å². The number of carbonyl (C=O) groups excluding carboxylic acids is 1. The standard InChI is InChI=1S/C18H22N2O/c21-18(17-10-5-2-6-11-17)20-14-7-13-19-15-12-16-8-3-1-4-9-16/h1-6,8-11,19H,7,12-15H2,(H,20,21). The Balaban J connectivity index is 1.51. The largest absolute Gasteiger partial charge is 0.352 e. The van der Waals surface area contributed by atoms with Crippen LogP contribution in [0.3, 0.4) is 0 Å². The maximum absolute atomic E-state index is 11.8. The van der Waals surface area contributed by atoms with Crippen molar-refractivity contribution < 1.29 is 4.79 Å². The molecule has 2 aromatic carbocycles. The van der Waals surface area contributed by atoms with Crippen molar-refractivity contribution in [1.82, 2.24) is 10.6 Å². The van der Waals surface area contributed by atoms with Gasteiger partial charge >= 0.3 is 0 Å². The first-order chi connectivity index (χ1) is 10.4. The fourth-order valence-electron chi connectivity index (χ4n) is 2.11. The Kier molecular flexibility index (Phi) is 6.49. The lowest BCUT2D eigenvalue weighted by Crippen LogP contribution is -2.27. The first kappa shape index (κ1) is 15.3. The maximum Gasteiger partial charge on any atom is 0.251 e. The third-order valence-corrected chi connectivity index (χ3v) is 3.29. The van der Waals surface area contributed by atoms with Gasteiger partial charge < -0.3 is 10.6 Å². The van der Waals surface area contributed by atoms with Crippen molar-refractivity contribution in [2.45, 2.75) is 12.8 Å². The maximum atomic E-state index is 11.8. The van der Waals surface area contributed by atoms with Crippen molar-refractivity contribution >= 4 is 5.91 Å². The molecule has 0 radical (unpaired) electrons. The molecular formula is C18H22N2O. The Hall–Kier alpha value is -2.13. The van der Waals surface area contributed by atoms with E-state index in [2.05, 4.69) is 34.9 Å². The number of nitrogens with one attached hydrogen (secondary N) is 2. The summed E-state index contributed by atoms with van der Waals surface area (Å²) >= 11 is 0. The van der Waals surface area contributed by atoms with Gasteiger partial charge in [-0.05, 0) is 43.6 Å². The predicted octanol–water partition coefficient (Wildman–Crippen LogP) is 2.64. The first-order valence-corrected chi connectivity index (χ1v) is 7.44. The topological polar surface area (TPSA) is 41.1 Å². The van der Waals surface area contributed by atoms with E-state index in [1.54, 1.807) is 0 Å². The van der Waals surface area contributed by atoms with Crippen LogP contribution in [0.15, 0.2) is 60.7 Å². The monoisotopic (exact) mass is 282 g/mol. The van der Waals surface area contributed by atoms with Crippen molar-refractivity contribution in [1.29, 1.82) is 0 Å². The average Bonchev–Trinajstić information content (AvgIpc) is 2.55. The highest BCUT2D eigenvalue weighted by Crippen LogP contribution is 1.98. The fraction of sp³-hybridized carbons (Fsp3) is 0.278. The van der Waals surface area contributed by atoms with Gasteiger partial charge in [0, 0.05) is 12.1 Å². The number of hydrogen-bond acceptors (Lipinski definition) is 2. The van der Waals surface area contributed by atoms with Crippen molar-refractivity contribution in [3.05, 3.63) is 71.8 Å². The predicted molar refractivity (Wildman–Crippen MR) is 86.4 cm³/mol. The van der Waals surface area contributed by atoms with Crippen molar-refractivity contribution in [3.63, 3.8) is 0 Å². The van der Waals surface area contributed by atoms with Gasteiger partial charge in [0.05, 0.1) is 0 Å². The highest BCUT2D eigenvalue weighted by atomic mass is 16.1.